The van der Waals surface area contributed by atoms with E-state index in [2.05, 4.69) is 0 Å². The number of halogens is 1. The first-order chi connectivity index (χ1) is 14.5. The second-order valence-corrected chi connectivity index (χ2v) is 7.66. The van der Waals surface area contributed by atoms with Crippen LogP contribution < -0.4 is 4.74 Å². The summed E-state index contributed by atoms with van der Waals surface area (Å²) in [6.45, 7) is 1.90. The van der Waals surface area contributed by atoms with Gasteiger partial charge in [0.05, 0.1) is 18.8 Å². The van der Waals surface area contributed by atoms with Crippen LogP contribution in [0, 0.1) is 5.82 Å². The molecule has 2 aromatic rings. The van der Waals surface area contributed by atoms with Crippen LogP contribution in [0.25, 0.3) is 0 Å². The number of hydrogen-bond acceptors (Lipinski definition) is 5. The van der Waals surface area contributed by atoms with E-state index in [1.54, 1.807) is 13.0 Å². The van der Waals surface area contributed by atoms with Crippen LogP contribution in [0.15, 0.2) is 42.5 Å². The molecule has 2 fully saturated rings. The van der Waals surface area contributed by atoms with E-state index in [4.69, 9.17) is 14.2 Å². The first kappa shape index (κ1) is 20.3. The normalized spacial score (nSPS) is 20.8. The van der Waals surface area contributed by atoms with Crippen LogP contribution >= 0.6 is 0 Å². The Hall–Kier alpha value is -2.93. The lowest BCUT2D eigenvalue weighted by Gasteiger charge is -2.23. The summed E-state index contributed by atoms with van der Waals surface area (Å²) >= 11 is 0. The van der Waals surface area contributed by atoms with E-state index in [1.807, 2.05) is 30.3 Å². The molecule has 0 N–H and O–H groups in total. The van der Waals surface area contributed by atoms with E-state index in [0.717, 1.165) is 24.0 Å². The Bertz CT molecular complexity index is 944. The lowest BCUT2D eigenvalue weighted by molar-refractivity contribution is -0.145. The maximum atomic E-state index is 15.0. The molecule has 1 amide bonds. The third kappa shape index (κ3) is 4.03. The molecular weight excluding hydrogens is 389 g/mol. The zero-order valence-electron chi connectivity index (χ0n) is 17.0. The topological polar surface area (TPSA) is 65.1 Å². The van der Waals surface area contributed by atoms with E-state index in [1.165, 1.54) is 18.1 Å². The SMILES string of the molecule is COC(=O)[C@@H]1[C@@H](C)OCN1C(=O)c1cc(C2CC2)c(OCc2ccccc2)cc1F. The molecule has 1 aliphatic carbocycles. The number of nitrogens with zero attached hydrogens (tertiary/aromatic N) is 1. The minimum atomic E-state index is -0.903. The molecular formula is C23H24FNO5. The second kappa shape index (κ2) is 8.44. The van der Waals surface area contributed by atoms with Crippen LogP contribution in [-0.2, 0) is 20.9 Å². The van der Waals surface area contributed by atoms with Crippen molar-refractivity contribution in [1.29, 1.82) is 0 Å². The average Bonchev–Trinajstić information content (AvgIpc) is 3.53. The highest BCUT2D eigenvalue weighted by molar-refractivity contribution is 5.97. The summed E-state index contributed by atoms with van der Waals surface area (Å²) in [5.41, 5.74) is 1.71. The molecule has 0 spiro atoms. The van der Waals surface area contributed by atoms with Gasteiger partial charge in [-0.05, 0) is 42.9 Å². The molecule has 2 aliphatic rings. The van der Waals surface area contributed by atoms with Gasteiger partial charge in [-0.1, -0.05) is 30.3 Å². The Morgan fingerprint density at radius 1 is 1.20 bits per heavy atom. The maximum absolute atomic E-state index is 15.0. The number of hydrogen-bond donors (Lipinski definition) is 0. The number of benzene rings is 2. The number of amides is 1. The fourth-order valence-electron chi connectivity index (χ4n) is 3.71. The largest absolute Gasteiger partial charge is 0.489 e. The van der Waals surface area contributed by atoms with Crippen LogP contribution in [0.5, 0.6) is 5.75 Å². The summed E-state index contributed by atoms with van der Waals surface area (Å²) in [5, 5.41) is 0. The number of rotatable bonds is 6. The molecule has 30 heavy (non-hydrogen) atoms. The van der Waals surface area contributed by atoms with Gasteiger partial charge in [-0.25, -0.2) is 9.18 Å². The highest BCUT2D eigenvalue weighted by Crippen LogP contribution is 2.45. The molecule has 0 radical (unpaired) electrons. The standard InChI is InChI=1S/C23H24FNO5/c1-14-21(23(27)28-2)25(13-30-14)22(26)18-10-17(16-8-9-16)20(11-19(18)24)29-12-15-6-4-3-5-7-15/h3-7,10-11,14,16,21H,8-9,12-13H2,1-2H3/t14-,21+/m1/s1. The molecule has 1 saturated carbocycles. The lowest BCUT2D eigenvalue weighted by Crippen LogP contribution is -2.45. The van der Waals surface area contributed by atoms with E-state index in [0.29, 0.717) is 12.4 Å². The quantitative estimate of drug-likeness (QED) is 0.677. The van der Waals surface area contributed by atoms with E-state index in [-0.39, 0.29) is 18.2 Å². The van der Waals surface area contributed by atoms with Gasteiger partial charge in [0.1, 0.15) is 24.9 Å². The van der Waals surface area contributed by atoms with Gasteiger partial charge in [0.25, 0.3) is 5.91 Å². The van der Waals surface area contributed by atoms with Crippen LogP contribution in [0.4, 0.5) is 4.39 Å². The predicted molar refractivity (Wildman–Crippen MR) is 107 cm³/mol. The number of carbonyl (C=O) groups excluding carboxylic acids is 2. The summed E-state index contributed by atoms with van der Waals surface area (Å²) in [4.78, 5) is 26.4. The molecule has 4 rings (SSSR count). The third-order valence-corrected chi connectivity index (χ3v) is 5.54. The molecule has 7 heteroatoms. The van der Waals surface area contributed by atoms with Gasteiger partial charge >= 0.3 is 5.97 Å². The van der Waals surface area contributed by atoms with Crippen molar-refractivity contribution < 1.29 is 28.2 Å². The van der Waals surface area contributed by atoms with Crippen molar-refractivity contribution in [2.24, 2.45) is 0 Å². The Balaban J connectivity index is 1.60. The lowest BCUT2D eigenvalue weighted by atomic mass is 10.0. The van der Waals surface area contributed by atoms with Gasteiger partial charge in [0, 0.05) is 6.07 Å². The summed E-state index contributed by atoms with van der Waals surface area (Å²) in [5.74, 6) is -1.17. The fourth-order valence-corrected chi connectivity index (χ4v) is 3.71. The fraction of sp³-hybridized carbons (Fsp3) is 0.391. The first-order valence-corrected chi connectivity index (χ1v) is 10.00. The molecule has 0 aromatic heterocycles. The van der Waals surface area contributed by atoms with Gasteiger partial charge in [0.15, 0.2) is 6.04 Å². The van der Waals surface area contributed by atoms with E-state index < -0.39 is 29.8 Å². The summed E-state index contributed by atoms with van der Waals surface area (Å²) in [6.07, 6.45) is 1.41. The molecule has 1 saturated heterocycles. The Morgan fingerprint density at radius 2 is 1.93 bits per heavy atom. The van der Waals surface area contributed by atoms with Crippen LogP contribution in [0.2, 0.25) is 0 Å². The number of methoxy groups -OCH3 is 1. The molecule has 0 bridgehead atoms. The monoisotopic (exact) mass is 413 g/mol. The van der Waals surface area contributed by atoms with Crippen molar-refractivity contribution in [3.8, 4) is 5.75 Å². The molecule has 1 aliphatic heterocycles. The summed E-state index contributed by atoms with van der Waals surface area (Å²) in [7, 11) is 1.25. The summed E-state index contributed by atoms with van der Waals surface area (Å²) in [6, 6.07) is 11.6. The molecule has 0 unspecified atom stereocenters. The molecule has 2 aromatic carbocycles. The van der Waals surface area contributed by atoms with Gasteiger partial charge < -0.3 is 14.2 Å². The number of carbonyl (C=O) groups is 2. The van der Waals surface area contributed by atoms with E-state index >= 15 is 0 Å². The van der Waals surface area contributed by atoms with Crippen molar-refractivity contribution in [2.45, 2.75) is 44.4 Å². The van der Waals surface area contributed by atoms with Gasteiger partial charge in [0.2, 0.25) is 0 Å². The third-order valence-electron chi connectivity index (χ3n) is 5.54. The van der Waals surface area contributed by atoms with E-state index in [9.17, 15) is 14.0 Å². The smallest absolute Gasteiger partial charge is 0.331 e. The van der Waals surface area contributed by atoms with Gasteiger partial charge in [-0.3, -0.25) is 9.69 Å². The highest BCUT2D eigenvalue weighted by Gasteiger charge is 2.42. The number of esters is 1. The first-order valence-electron chi connectivity index (χ1n) is 10.00. The van der Waals surface area contributed by atoms with Crippen LogP contribution in [0.3, 0.4) is 0 Å². The van der Waals surface area contributed by atoms with Crippen molar-refractivity contribution in [3.63, 3.8) is 0 Å². The Kier molecular flexibility index (Phi) is 5.72. The second-order valence-electron chi connectivity index (χ2n) is 7.66. The minimum Gasteiger partial charge on any atom is -0.489 e. The van der Waals surface area contributed by atoms with Crippen molar-refractivity contribution in [1.82, 2.24) is 4.90 Å². The molecule has 6 nitrogen and oxygen atoms in total. The van der Waals surface area contributed by atoms with Crippen LogP contribution in [0.1, 0.15) is 47.2 Å². The highest BCUT2D eigenvalue weighted by atomic mass is 19.1. The zero-order chi connectivity index (χ0) is 21.3. The van der Waals surface area contributed by atoms with Crippen molar-refractivity contribution in [3.05, 3.63) is 65.0 Å². The summed E-state index contributed by atoms with van der Waals surface area (Å²) < 4.78 is 31.1. The maximum Gasteiger partial charge on any atom is 0.331 e. The Morgan fingerprint density at radius 3 is 2.60 bits per heavy atom. The average molecular weight is 413 g/mol. The minimum absolute atomic E-state index is 0.0874. The van der Waals surface area contributed by atoms with Crippen molar-refractivity contribution in [2.75, 3.05) is 13.8 Å². The predicted octanol–water partition coefficient (Wildman–Crippen LogP) is 3.64. The van der Waals surface area contributed by atoms with Gasteiger partial charge in [-0.15, -0.1) is 0 Å². The van der Waals surface area contributed by atoms with Crippen LogP contribution in [-0.4, -0.2) is 42.8 Å². The van der Waals surface area contributed by atoms with Crippen molar-refractivity contribution >= 4 is 11.9 Å². The zero-order valence-corrected chi connectivity index (χ0v) is 17.0. The molecule has 2 atom stereocenters. The Labute approximate surface area is 174 Å². The molecule has 158 valence electrons. The number of ether oxygens (including phenoxy) is 3. The van der Waals surface area contributed by atoms with Gasteiger partial charge in [-0.2, -0.15) is 0 Å². The molecule has 1 heterocycles.